The molecule has 1 saturated heterocycles. The van der Waals surface area contributed by atoms with E-state index in [0.717, 1.165) is 16.7 Å². The monoisotopic (exact) mass is 497 g/mol. The van der Waals surface area contributed by atoms with Gasteiger partial charge in [0, 0.05) is 19.0 Å². The smallest absolute Gasteiger partial charge is 0.410 e. The highest BCUT2D eigenvalue weighted by atomic mass is 32.2. The van der Waals surface area contributed by atoms with Crippen molar-refractivity contribution in [1.29, 1.82) is 0 Å². The Morgan fingerprint density at radius 2 is 1.69 bits per heavy atom. The largest absolute Gasteiger partial charge is 0.445 e. The molecule has 1 aliphatic heterocycles. The first kappa shape index (κ1) is 24.9. The Morgan fingerprint density at radius 3 is 2.37 bits per heavy atom. The van der Waals surface area contributed by atoms with Gasteiger partial charge in [0.2, 0.25) is 0 Å². The molecule has 3 aromatic rings. The van der Waals surface area contributed by atoms with E-state index in [1.54, 1.807) is 29.2 Å². The molecule has 0 saturated carbocycles. The van der Waals surface area contributed by atoms with Crippen molar-refractivity contribution in [2.45, 2.75) is 30.8 Å². The molecule has 0 bridgehead atoms. The zero-order valence-corrected chi connectivity index (χ0v) is 20.3. The molecule has 1 heterocycles. The van der Waals surface area contributed by atoms with Gasteiger partial charge in [0.05, 0.1) is 11.5 Å². The van der Waals surface area contributed by atoms with E-state index in [1.807, 2.05) is 37.3 Å². The van der Waals surface area contributed by atoms with Crippen LogP contribution in [0.1, 0.15) is 29.0 Å². The normalized spacial score (nSPS) is 18.3. The lowest BCUT2D eigenvalue weighted by molar-refractivity contribution is 0.0650. The van der Waals surface area contributed by atoms with Gasteiger partial charge in [0.15, 0.2) is 0 Å². The number of halogens is 1. The molecule has 184 valence electrons. The van der Waals surface area contributed by atoms with Crippen molar-refractivity contribution in [2.24, 2.45) is 5.92 Å². The molecule has 1 aliphatic rings. The van der Waals surface area contributed by atoms with Gasteiger partial charge in [0.25, 0.3) is 10.1 Å². The van der Waals surface area contributed by atoms with Crippen LogP contribution in [0.4, 0.5) is 9.18 Å². The van der Waals surface area contributed by atoms with Gasteiger partial charge in [-0.05, 0) is 54.7 Å². The first-order chi connectivity index (χ1) is 16.8. The summed E-state index contributed by atoms with van der Waals surface area (Å²) >= 11 is 0. The fraction of sp³-hybridized carbons (Fsp3) is 0.296. The molecule has 1 fully saturated rings. The average Bonchev–Trinajstić information content (AvgIpc) is 2.87. The second-order valence-corrected chi connectivity index (χ2v) is 10.4. The molecule has 8 heteroatoms. The molecule has 0 unspecified atom stereocenters. The quantitative estimate of drug-likeness (QED) is 0.415. The Kier molecular flexibility index (Phi) is 7.83. The molecule has 0 N–H and O–H groups in total. The van der Waals surface area contributed by atoms with Crippen molar-refractivity contribution in [3.63, 3.8) is 0 Å². The summed E-state index contributed by atoms with van der Waals surface area (Å²) in [5.74, 6) is -0.758. The summed E-state index contributed by atoms with van der Waals surface area (Å²) in [5, 5.41) is 0. The van der Waals surface area contributed by atoms with E-state index in [2.05, 4.69) is 0 Å². The third-order valence-corrected chi connectivity index (χ3v) is 7.54. The Balaban J connectivity index is 1.47. The third kappa shape index (κ3) is 6.46. The Labute approximate surface area is 205 Å². The van der Waals surface area contributed by atoms with E-state index in [-0.39, 0.29) is 42.3 Å². The molecule has 3 aromatic carbocycles. The van der Waals surface area contributed by atoms with Gasteiger partial charge in [-0.15, -0.1) is 0 Å². The van der Waals surface area contributed by atoms with Crippen LogP contribution in [0.5, 0.6) is 0 Å². The Morgan fingerprint density at radius 1 is 1.00 bits per heavy atom. The number of likely N-dealkylation sites (tertiary alicyclic amines) is 1. The number of benzene rings is 3. The summed E-state index contributed by atoms with van der Waals surface area (Å²) < 4.78 is 50.0. The van der Waals surface area contributed by atoms with Crippen molar-refractivity contribution >= 4 is 16.2 Å². The number of ether oxygens (including phenoxy) is 1. The molecule has 0 spiro atoms. The zero-order chi connectivity index (χ0) is 24.8. The van der Waals surface area contributed by atoms with E-state index in [9.17, 15) is 17.6 Å². The summed E-state index contributed by atoms with van der Waals surface area (Å²) in [6.07, 6.45) is 0.114. The van der Waals surface area contributed by atoms with E-state index >= 15 is 0 Å². The number of carbonyl (C=O) groups is 1. The number of nitrogens with zero attached hydrogens (tertiary/aromatic N) is 1. The topological polar surface area (TPSA) is 72.9 Å². The van der Waals surface area contributed by atoms with Gasteiger partial charge in [-0.3, -0.25) is 4.18 Å². The molecule has 0 aromatic heterocycles. The first-order valence-electron chi connectivity index (χ1n) is 11.5. The molecular weight excluding hydrogens is 469 g/mol. The SMILES string of the molecule is Cc1ccc(S(=O)(=O)OC[C@H]2CN(C(=O)OCc3ccccc3)CC[C@@H]2c2ccc(F)cc2)cc1. The van der Waals surface area contributed by atoms with Crippen LogP contribution >= 0.6 is 0 Å². The van der Waals surface area contributed by atoms with Gasteiger partial charge in [-0.1, -0.05) is 60.2 Å². The second kappa shape index (κ2) is 11.0. The molecule has 1 amide bonds. The Hall–Kier alpha value is -3.23. The van der Waals surface area contributed by atoms with Crippen LogP contribution in [0.25, 0.3) is 0 Å². The number of carbonyl (C=O) groups excluding carboxylic acids is 1. The predicted molar refractivity (Wildman–Crippen MR) is 130 cm³/mol. The number of hydrogen-bond acceptors (Lipinski definition) is 5. The molecular formula is C27H28FNO5S. The number of piperidine rings is 1. The molecule has 6 nitrogen and oxygen atoms in total. The average molecular weight is 498 g/mol. The highest BCUT2D eigenvalue weighted by Crippen LogP contribution is 2.34. The summed E-state index contributed by atoms with van der Waals surface area (Å²) in [5.41, 5.74) is 2.70. The van der Waals surface area contributed by atoms with Crippen LogP contribution in [0, 0.1) is 18.7 Å². The Bertz CT molecular complexity index is 1230. The predicted octanol–water partition coefficient (Wildman–Crippen LogP) is 5.28. The molecule has 35 heavy (non-hydrogen) atoms. The van der Waals surface area contributed by atoms with Crippen molar-refractivity contribution in [3.05, 3.63) is 101 Å². The zero-order valence-electron chi connectivity index (χ0n) is 19.5. The maximum Gasteiger partial charge on any atom is 0.410 e. The fourth-order valence-corrected chi connectivity index (χ4v) is 5.24. The first-order valence-corrected chi connectivity index (χ1v) is 12.9. The fourth-order valence-electron chi connectivity index (χ4n) is 4.28. The summed E-state index contributed by atoms with van der Waals surface area (Å²) in [7, 11) is -3.97. The number of aryl methyl sites for hydroxylation is 1. The highest BCUT2D eigenvalue weighted by Gasteiger charge is 2.34. The lowest BCUT2D eigenvalue weighted by atomic mass is 9.81. The minimum Gasteiger partial charge on any atom is -0.445 e. The van der Waals surface area contributed by atoms with Crippen LogP contribution < -0.4 is 0 Å². The minimum absolute atomic E-state index is 0.0800. The second-order valence-electron chi connectivity index (χ2n) is 8.74. The van der Waals surface area contributed by atoms with Crippen LogP contribution in [0.15, 0.2) is 83.8 Å². The maximum absolute atomic E-state index is 13.5. The van der Waals surface area contributed by atoms with Crippen LogP contribution in [-0.2, 0) is 25.6 Å². The molecule has 0 radical (unpaired) electrons. The molecule has 2 atom stereocenters. The van der Waals surface area contributed by atoms with E-state index in [1.165, 1.54) is 24.3 Å². The molecule has 4 rings (SSSR count). The van der Waals surface area contributed by atoms with Crippen molar-refractivity contribution in [2.75, 3.05) is 19.7 Å². The lowest BCUT2D eigenvalue weighted by Gasteiger charge is -2.38. The van der Waals surface area contributed by atoms with Crippen molar-refractivity contribution < 1.29 is 26.5 Å². The van der Waals surface area contributed by atoms with Crippen LogP contribution in [0.2, 0.25) is 0 Å². The van der Waals surface area contributed by atoms with Crippen LogP contribution in [-0.4, -0.2) is 39.1 Å². The lowest BCUT2D eigenvalue weighted by Crippen LogP contribution is -2.45. The van der Waals surface area contributed by atoms with E-state index in [4.69, 9.17) is 8.92 Å². The third-order valence-electron chi connectivity index (χ3n) is 6.24. The van der Waals surface area contributed by atoms with E-state index in [0.29, 0.717) is 13.0 Å². The van der Waals surface area contributed by atoms with Crippen LogP contribution in [0.3, 0.4) is 0 Å². The summed E-state index contributed by atoms with van der Waals surface area (Å²) in [6, 6.07) is 22.0. The van der Waals surface area contributed by atoms with Gasteiger partial charge in [0.1, 0.15) is 12.4 Å². The van der Waals surface area contributed by atoms with Crippen molar-refractivity contribution in [3.8, 4) is 0 Å². The van der Waals surface area contributed by atoms with Crippen molar-refractivity contribution in [1.82, 2.24) is 4.90 Å². The van der Waals surface area contributed by atoms with Gasteiger partial charge >= 0.3 is 6.09 Å². The summed E-state index contributed by atoms with van der Waals surface area (Å²) in [4.78, 5) is 14.4. The van der Waals surface area contributed by atoms with Gasteiger partial charge in [-0.25, -0.2) is 9.18 Å². The number of amides is 1. The minimum atomic E-state index is -3.97. The number of rotatable bonds is 7. The maximum atomic E-state index is 13.5. The molecule has 0 aliphatic carbocycles. The highest BCUT2D eigenvalue weighted by molar-refractivity contribution is 7.86. The van der Waals surface area contributed by atoms with Gasteiger partial charge in [-0.2, -0.15) is 8.42 Å². The summed E-state index contributed by atoms with van der Waals surface area (Å²) in [6.45, 7) is 2.62. The number of hydrogen-bond donors (Lipinski definition) is 0. The standard InChI is InChI=1S/C27H28FNO5S/c1-20-7-13-25(14-8-20)35(31,32)34-19-23-17-29(27(30)33-18-21-5-3-2-4-6-21)16-15-26(23)22-9-11-24(28)12-10-22/h2-14,23,26H,15-19H2,1H3/t23-,26-/m1/s1. The van der Waals surface area contributed by atoms with Gasteiger partial charge < -0.3 is 9.64 Å². The van der Waals surface area contributed by atoms with E-state index < -0.39 is 16.2 Å².